The minimum atomic E-state index is -0.535. The van der Waals surface area contributed by atoms with E-state index in [0.29, 0.717) is 12.4 Å². The maximum absolute atomic E-state index is 13.0. The van der Waals surface area contributed by atoms with Gasteiger partial charge in [0.15, 0.2) is 12.4 Å². The van der Waals surface area contributed by atoms with E-state index < -0.39 is 4.92 Å². The molecule has 0 aliphatic carbocycles. The summed E-state index contributed by atoms with van der Waals surface area (Å²) in [5, 5.41) is 11.2. The van der Waals surface area contributed by atoms with Gasteiger partial charge in [-0.15, -0.1) is 0 Å². The largest absolute Gasteiger partial charge is 0.477 e. The average Bonchev–Trinajstić information content (AvgIpc) is 2.76. The molecule has 0 aliphatic heterocycles. The van der Waals surface area contributed by atoms with Crippen LogP contribution in [0.3, 0.4) is 0 Å². The summed E-state index contributed by atoms with van der Waals surface area (Å²) < 4.78 is 5.50. The Morgan fingerprint density at radius 3 is 2.32 bits per heavy atom. The topological polar surface area (TPSA) is 85.6 Å². The predicted molar refractivity (Wildman–Crippen MR) is 119 cm³/mol. The molecule has 0 spiro atoms. The molecule has 1 amide bonds. The first-order valence-corrected chi connectivity index (χ1v) is 9.93. The standard InChI is InChI=1S/C24H25N3O4/c1-24(2,3)19-13-11-18(12-14-19)16-26(22-10-6-7-15-25-22)23(28)17-31-21-9-5-4-8-20(21)27(29)30/h4-15H,16-17H2,1-3H3. The van der Waals surface area contributed by atoms with Crippen molar-refractivity contribution in [2.45, 2.75) is 32.7 Å². The summed E-state index contributed by atoms with van der Waals surface area (Å²) in [6.07, 6.45) is 1.61. The van der Waals surface area contributed by atoms with Gasteiger partial charge in [-0.25, -0.2) is 4.98 Å². The zero-order valence-electron chi connectivity index (χ0n) is 17.8. The summed E-state index contributed by atoms with van der Waals surface area (Å²) in [5.74, 6) is 0.187. The molecule has 3 aromatic rings. The van der Waals surface area contributed by atoms with E-state index >= 15 is 0 Å². The first-order chi connectivity index (χ1) is 14.8. The van der Waals surface area contributed by atoms with Gasteiger partial charge in [-0.3, -0.25) is 19.8 Å². The molecule has 0 unspecified atom stereocenters. The van der Waals surface area contributed by atoms with Crippen molar-refractivity contribution in [1.29, 1.82) is 0 Å². The lowest BCUT2D eigenvalue weighted by Gasteiger charge is -2.23. The van der Waals surface area contributed by atoms with Gasteiger partial charge < -0.3 is 4.74 Å². The number of benzene rings is 2. The summed E-state index contributed by atoms with van der Waals surface area (Å²) in [4.78, 5) is 29.5. The number of para-hydroxylation sites is 2. The quantitative estimate of drug-likeness (QED) is 0.402. The molecule has 3 rings (SSSR count). The van der Waals surface area contributed by atoms with Crippen molar-refractivity contribution in [2.24, 2.45) is 0 Å². The van der Waals surface area contributed by atoms with E-state index in [4.69, 9.17) is 4.74 Å². The van der Waals surface area contributed by atoms with Crippen LogP contribution in [-0.4, -0.2) is 22.4 Å². The fourth-order valence-corrected chi connectivity index (χ4v) is 3.05. The number of amides is 1. The average molecular weight is 419 g/mol. The Labute approximate surface area is 181 Å². The highest BCUT2D eigenvalue weighted by molar-refractivity contribution is 5.93. The number of ether oxygens (including phenoxy) is 1. The van der Waals surface area contributed by atoms with Crippen LogP contribution in [0.4, 0.5) is 11.5 Å². The van der Waals surface area contributed by atoms with Crippen LogP contribution in [0.2, 0.25) is 0 Å². The van der Waals surface area contributed by atoms with Crippen molar-refractivity contribution in [1.82, 2.24) is 4.98 Å². The van der Waals surface area contributed by atoms with Crippen molar-refractivity contribution in [3.63, 3.8) is 0 Å². The normalized spacial score (nSPS) is 11.1. The summed E-state index contributed by atoms with van der Waals surface area (Å²) >= 11 is 0. The van der Waals surface area contributed by atoms with Crippen molar-refractivity contribution >= 4 is 17.4 Å². The molecule has 1 aromatic heterocycles. The van der Waals surface area contributed by atoms with E-state index in [9.17, 15) is 14.9 Å². The van der Waals surface area contributed by atoms with Gasteiger partial charge in [0.1, 0.15) is 5.82 Å². The fraction of sp³-hybridized carbons (Fsp3) is 0.250. The van der Waals surface area contributed by atoms with Crippen molar-refractivity contribution in [2.75, 3.05) is 11.5 Å². The summed E-state index contributed by atoms with van der Waals surface area (Å²) in [6.45, 7) is 6.39. The SMILES string of the molecule is CC(C)(C)c1ccc(CN(C(=O)COc2ccccc2[N+](=O)[O-])c2ccccn2)cc1. The van der Waals surface area contributed by atoms with Crippen molar-refractivity contribution in [3.05, 3.63) is 94.2 Å². The second-order valence-electron chi connectivity index (χ2n) is 8.13. The number of carbonyl (C=O) groups excluding carboxylic acids is 1. The zero-order chi connectivity index (χ0) is 22.4. The smallest absolute Gasteiger partial charge is 0.310 e. The van der Waals surface area contributed by atoms with Gasteiger partial charge in [0.2, 0.25) is 0 Å². The highest BCUT2D eigenvalue weighted by Gasteiger charge is 2.21. The molecule has 0 bridgehead atoms. The molecule has 160 valence electrons. The lowest BCUT2D eigenvalue weighted by Crippen LogP contribution is -2.35. The van der Waals surface area contributed by atoms with E-state index in [1.54, 1.807) is 36.5 Å². The molecular formula is C24H25N3O4. The second-order valence-corrected chi connectivity index (χ2v) is 8.13. The number of nitrogens with zero attached hydrogens (tertiary/aromatic N) is 3. The van der Waals surface area contributed by atoms with Crippen LogP contribution in [0.5, 0.6) is 5.75 Å². The van der Waals surface area contributed by atoms with Gasteiger partial charge in [0.05, 0.1) is 11.5 Å². The molecule has 0 saturated carbocycles. The van der Waals surface area contributed by atoms with Crippen LogP contribution in [0.25, 0.3) is 0 Å². The molecular weight excluding hydrogens is 394 g/mol. The number of anilines is 1. The Morgan fingerprint density at radius 2 is 1.71 bits per heavy atom. The number of hydrogen-bond acceptors (Lipinski definition) is 5. The van der Waals surface area contributed by atoms with Crippen LogP contribution in [0.1, 0.15) is 31.9 Å². The molecule has 31 heavy (non-hydrogen) atoms. The Hall–Kier alpha value is -3.74. The maximum atomic E-state index is 13.0. The van der Waals surface area contributed by atoms with Crippen LogP contribution in [0.15, 0.2) is 72.9 Å². The maximum Gasteiger partial charge on any atom is 0.310 e. The van der Waals surface area contributed by atoms with Crippen molar-refractivity contribution in [3.8, 4) is 5.75 Å². The molecule has 0 N–H and O–H groups in total. The summed E-state index contributed by atoms with van der Waals surface area (Å²) in [5.41, 5.74) is 2.00. The van der Waals surface area contributed by atoms with E-state index in [1.807, 2.05) is 12.1 Å². The third-order valence-corrected chi connectivity index (χ3v) is 4.80. The van der Waals surface area contributed by atoms with Crippen LogP contribution >= 0.6 is 0 Å². The third kappa shape index (κ3) is 5.66. The second kappa shape index (κ2) is 9.38. The number of nitro benzene ring substituents is 1. The molecule has 0 fully saturated rings. The number of carbonyl (C=O) groups is 1. The Balaban J connectivity index is 1.80. The van der Waals surface area contributed by atoms with Gasteiger partial charge in [-0.05, 0) is 34.7 Å². The van der Waals surface area contributed by atoms with E-state index in [1.165, 1.54) is 22.6 Å². The summed E-state index contributed by atoms with van der Waals surface area (Å²) in [6, 6.07) is 19.4. The summed E-state index contributed by atoms with van der Waals surface area (Å²) in [7, 11) is 0. The van der Waals surface area contributed by atoms with E-state index in [2.05, 4.69) is 37.9 Å². The molecule has 0 atom stereocenters. The highest BCUT2D eigenvalue weighted by Crippen LogP contribution is 2.26. The molecule has 2 aromatic carbocycles. The molecule has 1 heterocycles. The highest BCUT2D eigenvalue weighted by atomic mass is 16.6. The van der Waals surface area contributed by atoms with E-state index in [0.717, 1.165) is 5.56 Å². The van der Waals surface area contributed by atoms with E-state index in [-0.39, 0.29) is 29.4 Å². The number of aromatic nitrogens is 1. The van der Waals surface area contributed by atoms with Crippen LogP contribution in [0, 0.1) is 10.1 Å². The van der Waals surface area contributed by atoms with Crippen molar-refractivity contribution < 1.29 is 14.5 Å². The minimum Gasteiger partial charge on any atom is -0.477 e. The molecule has 7 heteroatoms. The number of hydrogen-bond donors (Lipinski definition) is 0. The van der Waals surface area contributed by atoms with Gasteiger partial charge in [0, 0.05) is 12.3 Å². The Morgan fingerprint density at radius 1 is 1.03 bits per heavy atom. The van der Waals surface area contributed by atoms with Gasteiger partial charge in [0.25, 0.3) is 5.91 Å². The molecule has 0 radical (unpaired) electrons. The molecule has 0 saturated heterocycles. The number of pyridine rings is 1. The first-order valence-electron chi connectivity index (χ1n) is 9.93. The minimum absolute atomic E-state index is 0.0350. The third-order valence-electron chi connectivity index (χ3n) is 4.80. The molecule has 7 nitrogen and oxygen atoms in total. The Kier molecular flexibility index (Phi) is 6.65. The lowest BCUT2D eigenvalue weighted by molar-refractivity contribution is -0.385. The Bertz CT molecular complexity index is 1040. The van der Waals surface area contributed by atoms with Gasteiger partial charge in [-0.2, -0.15) is 0 Å². The van der Waals surface area contributed by atoms with Crippen LogP contribution in [-0.2, 0) is 16.8 Å². The first kappa shape index (κ1) is 22.0. The van der Waals surface area contributed by atoms with Crippen LogP contribution < -0.4 is 9.64 Å². The predicted octanol–water partition coefficient (Wildman–Crippen LogP) is 4.90. The molecule has 0 aliphatic rings. The zero-order valence-corrected chi connectivity index (χ0v) is 17.8. The number of rotatable bonds is 7. The monoisotopic (exact) mass is 419 g/mol. The number of nitro groups is 1. The fourth-order valence-electron chi connectivity index (χ4n) is 3.05. The van der Waals surface area contributed by atoms with Gasteiger partial charge >= 0.3 is 5.69 Å². The van der Waals surface area contributed by atoms with Gasteiger partial charge in [-0.1, -0.05) is 63.2 Å². The lowest BCUT2D eigenvalue weighted by atomic mass is 9.87.